The van der Waals surface area contributed by atoms with Crippen molar-refractivity contribution in [2.75, 3.05) is 13.7 Å². The van der Waals surface area contributed by atoms with Crippen LogP contribution in [0, 0.1) is 0 Å². The van der Waals surface area contributed by atoms with Gasteiger partial charge < -0.3 is 14.5 Å². The zero-order chi connectivity index (χ0) is 18.4. The number of methoxy groups -OCH3 is 1. The molecule has 0 radical (unpaired) electrons. The van der Waals surface area contributed by atoms with Crippen molar-refractivity contribution in [1.82, 2.24) is 15.8 Å². The third-order valence-electron chi connectivity index (χ3n) is 3.80. The zero-order valence-corrected chi connectivity index (χ0v) is 14.2. The number of hydrogen-bond acceptors (Lipinski definition) is 4. The second-order valence-electron chi connectivity index (χ2n) is 5.60. The number of benzene rings is 2. The molecule has 1 heterocycles. The van der Waals surface area contributed by atoms with Crippen molar-refractivity contribution in [3.8, 4) is 11.5 Å². The van der Waals surface area contributed by atoms with E-state index in [1.54, 1.807) is 37.6 Å². The first-order valence-corrected chi connectivity index (χ1v) is 8.05. The summed E-state index contributed by atoms with van der Waals surface area (Å²) >= 11 is 0. The Balaban J connectivity index is 1.44. The highest BCUT2D eigenvalue weighted by Crippen LogP contribution is 2.18. The number of fused-ring (bicyclic) bond motifs is 1. The molecule has 7 heteroatoms. The number of H-pyrrole nitrogens is 1. The average Bonchev–Trinajstić information content (AvgIpc) is 3.08. The molecular formula is C19H19N3O4. The molecule has 0 atom stereocenters. The first-order valence-electron chi connectivity index (χ1n) is 8.05. The lowest BCUT2D eigenvalue weighted by molar-refractivity contribution is -0.129. The normalized spacial score (nSPS) is 10.3. The second kappa shape index (κ2) is 8.06. The van der Waals surface area contributed by atoms with Crippen molar-refractivity contribution < 1.29 is 19.1 Å². The van der Waals surface area contributed by atoms with Crippen molar-refractivity contribution in [2.45, 2.75) is 6.42 Å². The molecule has 3 N–H and O–H groups in total. The summed E-state index contributed by atoms with van der Waals surface area (Å²) in [4.78, 5) is 26.9. The fraction of sp³-hybridized carbons (Fsp3) is 0.158. The molecule has 0 saturated carbocycles. The number of para-hydroxylation sites is 1. The molecule has 0 fully saturated rings. The van der Waals surface area contributed by atoms with Crippen LogP contribution in [0.15, 0.2) is 54.7 Å². The SMILES string of the molecule is COc1ccc(OCC(=O)NNC(=O)Cc2c[nH]c3ccccc23)cc1. The molecule has 0 aliphatic carbocycles. The summed E-state index contributed by atoms with van der Waals surface area (Å²) in [6.45, 7) is -0.209. The third kappa shape index (κ3) is 4.32. The van der Waals surface area contributed by atoms with Crippen LogP contribution in [0.25, 0.3) is 10.9 Å². The number of amides is 2. The average molecular weight is 353 g/mol. The topological polar surface area (TPSA) is 92.4 Å². The van der Waals surface area contributed by atoms with Crippen LogP contribution < -0.4 is 20.3 Å². The fourth-order valence-corrected chi connectivity index (χ4v) is 2.49. The Morgan fingerprint density at radius 3 is 2.42 bits per heavy atom. The summed E-state index contributed by atoms with van der Waals surface area (Å²) in [5.74, 6) is 0.470. The minimum Gasteiger partial charge on any atom is -0.497 e. The molecule has 0 unspecified atom stereocenters. The Morgan fingerprint density at radius 1 is 0.962 bits per heavy atom. The van der Waals surface area contributed by atoms with Crippen LogP contribution in [0.4, 0.5) is 0 Å². The van der Waals surface area contributed by atoms with Gasteiger partial charge in [-0.15, -0.1) is 0 Å². The molecule has 0 bridgehead atoms. The van der Waals surface area contributed by atoms with Gasteiger partial charge in [0.05, 0.1) is 13.5 Å². The number of carbonyl (C=O) groups is 2. The fourth-order valence-electron chi connectivity index (χ4n) is 2.49. The molecule has 0 spiro atoms. The number of aromatic amines is 1. The minimum atomic E-state index is -0.451. The quantitative estimate of drug-likeness (QED) is 0.591. The van der Waals surface area contributed by atoms with Gasteiger partial charge in [0.15, 0.2) is 6.61 Å². The lowest BCUT2D eigenvalue weighted by atomic mass is 10.1. The minimum absolute atomic E-state index is 0.156. The summed E-state index contributed by atoms with van der Waals surface area (Å²) in [6, 6.07) is 14.6. The summed E-state index contributed by atoms with van der Waals surface area (Å²) in [5.41, 5.74) is 6.55. The van der Waals surface area contributed by atoms with E-state index in [4.69, 9.17) is 9.47 Å². The van der Waals surface area contributed by atoms with Crippen LogP contribution >= 0.6 is 0 Å². The lowest BCUT2D eigenvalue weighted by Crippen LogP contribution is -2.44. The second-order valence-corrected chi connectivity index (χ2v) is 5.60. The van der Waals surface area contributed by atoms with Crippen LogP contribution in [0.1, 0.15) is 5.56 Å². The molecular weight excluding hydrogens is 334 g/mol. The van der Waals surface area contributed by atoms with Gasteiger partial charge in [-0.05, 0) is 35.9 Å². The number of nitrogens with one attached hydrogen (secondary N) is 3. The summed E-state index contributed by atoms with van der Waals surface area (Å²) < 4.78 is 10.4. The molecule has 2 aromatic carbocycles. The molecule has 0 aliphatic rings. The van der Waals surface area contributed by atoms with E-state index >= 15 is 0 Å². The number of hydrazine groups is 1. The van der Waals surface area contributed by atoms with Crippen molar-refractivity contribution >= 4 is 22.7 Å². The van der Waals surface area contributed by atoms with Crippen LogP contribution in [0.5, 0.6) is 11.5 Å². The highest BCUT2D eigenvalue weighted by Gasteiger charge is 2.10. The van der Waals surface area contributed by atoms with Crippen molar-refractivity contribution in [3.63, 3.8) is 0 Å². The van der Waals surface area contributed by atoms with Crippen LogP contribution in [-0.2, 0) is 16.0 Å². The first-order chi connectivity index (χ1) is 12.7. The largest absolute Gasteiger partial charge is 0.497 e. The number of ether oxygens (including phenoxy) is 2. The Labute approximate surface area is 150 Å². The molecule has 0 aliphatic heterocycles. The van der Waals surface area contributed by atoms with Gasteiger partial charge in [0.25, 0.3) is 5.91 Å². The standard InChI is InChI=1S/C19H19N3O4/c1-25-14-6-8-15(9-7-14)26-12-19(24)22-21-18(23)10-13-11-20-17-5-3-2-4-16(13)17/h2-9,11,20H,10,12H2,1H3,(H,21,23)(H,22,24). The predicted octanol–water partition coefficient (Wildman–Crippen LogP) is 1.95. The predicted molar refractivity (Wildman–Crippen MR) is 96.8 cm³/mol. The summed E-state index contributed by atoms with van der Waals surface area (Å²) in [6.07, 6.45) is 1.95. The number of carbonyl (C=O) groups excluding carboxylic acids is 2. The van der Waals surface area contributed by atoms with Gasteiger partial charge in [-0.3, -0.25) is 20.4 Å². The van der Waals surface area contributed by atoms with Gasteiger partial charge >= 0.3 is 0 Å². The van der Waals surface area contributed by atoms with Crippen molar-refractivity contribution in [1.29, 1.82) is 0 Å². The Hall–Kier alpha value is -3.48. The summed E-state index contributed by atoms with van der Waals surface area (Å²) in [5, 5.41) is 0.983. The molecule has 2 amide bonds. The van der Waals surface area contributed by atoms with Crippen molar-refractivity contribution in [3.05, 3.63) is 60.3 Å². The van der Waals surface area contributed by atoms with Crippen LogP contribution in [0.3, 0.4) is 0 Å². The highest BCUT2D eigenvalue weighted by molar-refractivity contribution is 5.89. The maximum atomic E-state index is 12.0. The van der Waals surface area contributed by atoms with Gasteiger partial charge in [0.2, 0.25) is 5.91 Å². The monoisotopic (exact) mass is 353 g/mol. The highest BCUT2D eigenvalue weighted by atomic mass is 16.5. The molecule has 3 aromatic rings. The number of rotatable bonds is 6. The molecule has 134 valence electrons. The van der Waals surface area contributed by atoms with Crippen molar-refractivity contribution in [2.24, 2.45) is 0 Å². The van der Waals surface area contributed by atoms with E-state index in [1.807, 2.05) is 24.3 Å². The number of hydrogen-bond donors (Lipinski definition) is 3. The van der Waals surface area contributed by atoms with E-state index in [-0.39, 0.29) is 18.9 Å². The van der Waals surface area contributed by atoms with Crippen LogP contribution in [-0.4, -0.2) is 30.5 Å². The first kappa shape index (κ1) is 17.3. The molecule has 3 rings (SSSR count). The van der Waals surface area contributed by atoms with Gasteiger partial charge in [-0.2, -0.15) is 0 Å². The van der Waals surface area contributed by atoms with E-state index in [9.17, 15) is 9.59 Å². The third-order valence-corrected chi connectivity index (χ3v) is 3.80. The lowest BCUT2D eigenvalue weighted by Gasteiger charge is -2.09. The Bertz CT molecular complexity index is 903. The molecule has 26 heavy (non-hydrogen) atoms. The van der Waals surface area contributed by atoms with Gasteiger partial charge in [0, 0.05) is 17.1 Å². The van der Waals surface area contributed by atoms with E-state index in [0.29, 0.717) is 11.5 Å². The molecule has 7 nitrogen and oxygen atoms in total. The zero-order valence-electron chi connectivity index (χ0n) is 14.2. The van der Waals surface area contributed by atoms with Gasteiger partial charge in [-0.1, -0.05) is 18.2 Å². The maximum Gasteiger partial charge on any atom is 0.276 e. The molecule has 0 saturated heterocycles. The van der Waals surface area contributed by atoms with E-state index in [2.05, 4.69) is 15.8 Å². The van der Waals surface area contributed by atoms with Gasteiger partial charge in [0.1, 0.15) is 11.5 Å². The van der Waals surface area contributed by atoms with Crippen LogP contribution in [0.2, 0.25) is 0 Å². The Kier molecular flexibility index (Phi) is 5.38. The Morgan fingerprint density at radius 2 is 1.65 bits per heavy atom. The van der Waals surface area contributed by atoms with E-state index in [0.717, 1.165) is 16.5 Å². The maximum absolute atomic E-state index is 12.0. The smallest absolute Gasteiger partial charge is 0.276 e. The molecule has 1 aromatic heterocycles. The number of aromatic nitrogens is 1. The van der Waals surface area contributed by atoms with E-state index < -0.39 is 5.91 Å². The van der Waals surface area contributed by atoms with Gasteiger partial charge in [-0.25, -0.2) is 0 Å². The summed E-state index contributed by atoms with van der Waals surface area (Å²) in [7, 11) is 1.57. The van der Waals surface area contributed by atoms with E-state index in [1.165, 1.54) is 0 Å².